The van der Waals surface area contributed by atoms with Crippen molar-refractivity contribution in [3.63, 3.8) is 0 Å². The molecule has 11 heteroatoms. The maximum atomic E-state index is 13.9. The van der Waals surface area contributed by atoms with Gasteiger partial charge in [0.25, 0.3) is 5.91 Å². The Morgan fingerprint density at radius 2 is 1.97 bits per heavy atom. The Kier molecular flexibility index (Phi) is 6.10. The summed E-state index contributed by atoms with van der Waals surface area (Å²) in [5.41, 5.74) is 0.774. The van der Waals surface area contributed by atoms with Crippen molar-refractivity contribution in [1.82, 2.24) is 24.9 Å². The number of aromatic nitrogens is 4. The molecule has 32 heavy (non-hydrogen) atoms. The Labute approximate surface area is 185 Å². The van der Waals surface area contributed by atoms with Gasteiger partial charge >= 0.3 is 0 Å². The van der Waals surface area contributed by atoms with Gasteiger partial charge in [0, 0.05) is 6.20 Å². The van der Waals surface area contributed by atoms with Crippen LogP contribution >= 0.6 is 11.3 Å². The van der Waals surface area contributed by atoms with Gasteiger partial charge in [0.2, 0.25) is 0 Å². The number of aliphatic hydroxyl groups is 1. The number of amides is 1. The third-order valence-corrected chi connectivity index (χ3v) is 5.72. The zero-order chi connectivity index (χ0) is 22.8. The van der Waals surface area contributed by atoms with E-state index in [-0.39, 0.29) is 30.2 Å². The smallest absolute Gasteiger partial charge is 0.270 e. The molecule has 0 saturated carbocycles. The fraction of sp³-hybridized carbons (Fsp3) is 0.238. The first kappa shape index (κ1) is 21.8. The van der Waals surface area contributed by atoms with Crippen LogP contribution in [0.4, 0.5) is 8.78 Å². The van der Waals surface area contributed by atoms with Crippen molar-refractivity contribution in [3.8, 4) is 5.75 Å². The van der Waals surface area contributed by atoms with Gasteiger partial charge in [-0.15, -0.1) is 10.2 Å². The normalized spacial score (nSPS) is 12.2. The summed E-state index contributed by atoms with van der Waals surface area (Å²) in [5, 5.41) is 21.5. The summed E-state index contributed by atoms with van der Waals surface area (Å²) in [5.74, 6) is -1.63. The SMILES string of the molecule is Cc1nnc(C(CO)NC(=O)c2c(C)nc3c(OCc4c(F)cccc4F)cccn23)s1. The maximum Gasteiger partial charge on any atom is 0.270 e. The summed E-state index contributed by atoms with van der Waals surface area (Å²) in [4.78, 5) is 17.4. The summed E-state index contributed by atoms with van der Waals surface area (Å²) in [7, 11) is 0. The van der Waals surface area contributed by atoms with Gasteiger partial charge < -0.3 is 15.2 Å². The predicted octanol–water partition coefficient (Wildman–Crippen LogP) is 3.12. The Hall–Kier alpha value is -3.44. The van der Waals surface area contributed by atoms with E-state index >= 15 is 0 Å². The van der Waals surface area contributed by atoms with Crippen LogP contribution in [-0.4, -0.2) is 37.2 Å². The molecule has 1 aromatic carbocycles. The number of hydrogen-bond donors (Lipinski definition) is 2. The number of nitrogens with one attached hydrogen (secondary N) is 1. The number of aliphatic hydroxyl groups excluding tert-OH is 1. The highest BCUT2D eigenvalue weighted by atomic mass is 32.1. The molecule has 2 N–H and O–H groups in total. The first-order chi connectivity index (χ1) is 15.4. The molecule has 1 unspecified atom stereocenters. The number of aryl methyl sites for hydroxylation is 2. The second-order valence-corrected chi connectivity index (χ2v) is 8.18. The number of halogens is 2. The summed E-state index contributed by atoms with van der Waals surface area (Å²) in [6.07, 6.45) is 1.63. The largest absolute Gasteiger partial charge is 0.485 e. The van der Waals surface area contributed by atoms with Gasteiger partial charge in [-0.1, -0.05) is 17.4 Å². The van der Waals surface area contributed by atoms with E-state index in [4.69, 9.17) is 4.74 Å². The molecule has 8 nitrogen and oxygen atoms in total. The van der Waals surface area contributed by atoms with Crippen molar-refractivity contribution in [3.05, 3.63) is 75.1 Å². The van der Waals surface area contributed by atoms with Gasteiger partial charge in [-0.05, 0) is 38.1 Å². The summed E-state index contributed by atoms with van der Waals surface area (Å²) < 4.78 is 35.0. The number of carbonyl (C=O) groups excluding carboxylic acids is 1. The van der Waals surface area contributed by atoms with Crippen LogP contribution < -0.4 is 10.1 Å². The molecule has 0 radical (unpaired) electrons. The molecular formula is C21H19F2N5O3S. The first-order valence-electron chi connectivity index (χ1n) is 9.64. The highest BCUT2D eigenvalue weighted by Gasteiger charge is 2.24. The molecule has 0 aliphatic heterocycles. The molecule has 0 fully saturated rings. The van der Waals surface area contributed by atoms with Crippen molar-refractivity contribution in [2.75, 3.05) is 6.61 Å². The van der Waals surface area contributed by atoms with Gasteiger partial charge in [-0.25, -0.2) is 13.8 Å². The van der Waals surface area contributed by atoms with Crippen LogP contribution in [0.5, 0.6) is 5.75 Å². The van der Waals surface area contributed by atoms with Crippen molar-refractivity contribution in [2.24, 2.45) is 0 Å². The number of carbonyl (C=O) groups is 1. The Bertz CT molecular complexity index is 1270. The predicted molar refractivity (Wildman–Crippen MR) is 113 cm³/mol. The van der Waals surface area contributed by atoms with E-state index in [1.807, 2.05) is 0 Å². The second-order valence-electron chi connectivity index (χ2n) is 6.97. The Balaban J connectivity index is 1.61. The molecule has 0 spiro atoms. The summed E-state index contributed by atoms with van der Waals surface area (Å²) in [6.45, 7) is 2.75. The minimum absolute atomic E-state index is 0.200. The maximum absolute atomic E-state index is 13.9. The van der Waals surface area contributed by atoms with Crippen molar-refractivity contribution in [1.29, 1.82) is 0 Å². The van der Waals surface area contributed by atoms with Gasteiger partial charge in [-0.3, -0.25) is 9.20 Å². The minimum atomic E-state index is -0.720. The van der Waals surface area contributed by atoms with E-state index in [2.05, 4.69) is 20.5 Å². The highest BCUT2D eigenvalue weighted by molar-refractivity contribution is 7.11. The molecule has 166 valence electrons. The van der Waals surface area contributed by atoms with E-state index in [0.717, 1.165) is 12.1 Å². The zero-order valence-corrected chi connectivity index (χ0v) is 18.0. The third kappa shape index (κ3) is 4.16. The summed E-state index contributed by atoms with van der Waals surface area (Å²) >= 11 is 1.28. The monoisotopic (exact) mass is 459 g/mol. The average molecular weight is 459 g/mol. The number of nitrogens with zero attached hydrogens (tertiary/aromatic N) is 4. The fourth-order valence-corrected chi connectivity index (χ4v) is 3.97. The Morgan fingerprint density at radius 1 is 1.22 bits per heavy atom. The number of pyridine rings is 1. The number of benzene rings is 1. The zero-order valence-electron chi connectivity index (χ0n) is 17.2. The molecule has 3 aromatic heterocycles. The lowest BCUT2D eigenvalue weighted by Crippen LogP contribution is -2.32. The first-order valence-corrected chi connectivity index (χ1v) is 10.5. The molecule has 4 rings (SSSR count). The lowest BCUT2D eigenvalue weighted by atomic mass is 10.2. The fourth-order valence-electron chi connectivity index (χ4n) is 3.23. The molecule has 0 aliphatic carbocycles. The van der Waals surface area contributed by atoms with Gasteiger partial charge in [0.15, 0.2) is 11.4 Å². The topological polar surface area (TPSA) is 102 Å². The summed E-state index contributed by atoms with van der Waals surface area (Å²) in [6, 6.07) is 6.10. The van der Waals surface area contributed by atoms with Crippen LogP contribution in [0.1, 0.15) is 37.8 Å². The molecular weight excluding hydrogens is 440 g/mol. The molecule has 1 atom stereocenters. The van der Waals surface area contributed by atoms with Crippen molar-refractivity contribution < 1.29 is 23.4 Å². The second kappa shape index (κ2) is 8.97. The van der Waals surface area contributed by atoms with Gasteiger partial charge in [0.1, 0.15) is 40.0 Å². The number of imidazole rings is 1. The van der Waals surface area contributed by atoms with E-state index in [1.54, 1.807) is 32.2 Å². The molecule has 0 saturated heterocycles. The molecule has 0 bridgehead atoms. The van der Waals surface area contributed by atoms with Crippen molar-refractivity contribution >= 4 is 22.9 Å². The average Bonchev–Trinajstić information content (AvgIpc) is 3.34. The van der Waals surface area contributed by atoms with E-state index < -0.39 is 23.6 Å². The third-order valence-electron chi connectivity index (χ3n) is 4.76. The van der Waals surface area contributed by atoms with E-state index in [1.165, 1.54) is 21.8 Å². The van der Waals surface area contributed by atoms with Crippen LogP contribution in [0.2, 0.25) is 0 Å². The Morgan fingerprint density at radius 3 is 2.62 bits per heavy atom. The molecule has 3 heterocycles. The van der Waals surface area contributed by atoms with Crippen LogP contribution in [0.25, 0.3) is 5.65 Å². The number of ether oxygens (including phenoxy) is 1. The van der Waals surface area contributed by atoms with Crippen molar-refractivity contribution in [2.45, 2.75) is 26.5 Å². The minimum Gasteiger partial charge on any atom is -0.485 e. The number of rotatable bonds is 7. The highest BCUT2D eigenvalue weighted by Crippen LogP contribution is 2.25. The van der Waals surface area contributed by atoms with Crippen LogP contribution in [0.3, 0.4) is 0 Å². The standard InChI is InChI=1S/C21H19F2N5O3S/c1-11-18(20(30)25-16(9-29)21-27-26-12(2)32-21)28-8-4-7-17(19(28)24-11)31-10-13-14(22)5-3-6-15(13)23/h3-8,16,29H,9-10H2,1-2H3,(H,25,30). The molecule has 4 aromatic rings. The van der Waals surface area contributed by atoms with Crippen LogP contribution in [0.15, 0.2) is 36.5 Å². The molecule has 0 aliphatic rings. The van der Waals surface area contributed by atoms with E-state index in [0.29, 0.717) is 21.4 Å². The van der Waals surface area contributed by atoms with Crippen LogP contribution in [-0.2, 0) is 6.61 Å². The van der Waals surface area contributed by atoms with Crippen LogP contribution in [0, 0.1) is 25.5 Å². The molecule has 1 amide bonds. The van der Waals surface area contributed by atoms with E-state index in [9.17, 15) is 18.7 Å². The van der Waals surface area contributed by atoms with Gasteiger partial charge in [-0.2, -0.15) is 0 Å². The lowest BCUT2D eigenvalue weighted by molar-refractivity contribution is 0.0909. The lowest BCUT2D eigenvalue weighted by Gasteiger charge is -2.14. The number of fused-ring (bicyclic) bond motifs is 1. The number of hydrogen-bond acceptors (Lipinski definition) is 7. The quantitative estimate of drug-likeness (QED) is 0.440. The van der Waals surface area contributed by atoms with Gasteiger partial charge in [0.05, 0.1) is 17.9 Å².